The number of fused-ring (bicyclic) bond motifs is 1. The molecular weight excluding hydrogens is 224 g/mol. The first kappa shape index (κ1) is 11.2. The van der Waals surface area contributed by atoms with Gasteiger partial charge in [-0.15, -0.1) is 0 Å². The summed E-state index contributed by atoms with van der Waals surface area (Å²) in [7, 11) is 0. The molecule has 1 heterocycles. The molecule has 0 spiro atoms. The van der Waals surface area contributed by atoms with Crippen LogP contribution in [0, 0.1) is 0 Å². The van der Waals surface area contributed by atoms with Crippen LogP contribution < -0.4 is 5.73 Å². The van der Waals surface area contributed by atoms with Crippen molar-refractivity contribution in [2.24, 2.45) is 0 Å². The highest BCUT2D eigenvalue weighted by Gasteiger charge is 2.21. The molecule has 0 radical (unpaired) electrons. The molecule has 1 aromatic heterocycles. The highest BCUT2D eigenvalue weighted by atomic mass is 35.5. The van der Waals surface area contributed by atoms with Gasteiger partial charge in [0.05, 0.1) is 21.9 Å². The molecule has 0 fully saturated rings. The SMILES string of the molecule is CC(C)(O)c1nc2cccc(Cl)c2cc1N. The highest BCUT2D eigenvalue weighted by molar-refractivity contribution is 6.35. The normalized spacial score (nSPS) is 12.0. The van der Waals surface area contributed by atoms with Crippen LogP contribution in [0.3, 0.4) is 0 Å². The van der Waals surface area contributed by atoms with Gasteiger partial charge in [0.1, 0.15) is 5.60 Å². The Kier molecular flexibility index (Phi) is 2.52. The van der Waals surface area contributed by atoms with Gasteiger partial charge >= 0.3 is 0 Å². The van der Waals surface area contributed by atoms with E-state index in [0.29, 0.717) is 16.4 Å². The fraction of sp³-hybridized carbons (Fsp3) is 0.250. The predicted molar refractivity (Wildman–Crippen MR) is 66.4 cm³/mol. The van der Waals surface area contributed by atoms with E-state index in [1.165, 1.54) is 0 Å². The maximum atomic E-state index is 9.92. The molecule has 0 aliphatic heterocycles. The Morgan fingerprint density at radius 1 is 1.38 bits per heavy atom. The summed E-state index contributed by atoms with van der Waals surface area (Å²) < 4.78 is 0. The van der Waals surface area contributed by atoms with Crippen LogP contribution in [0.2, 0.25) is 5.02 Å². The van der Waals surface area contributed by atoms with E-state index in [9.17, 15) is 5.11 Å². The van der Waals surface area contributed by atoms with Gasteiger partial charge in [-0.1, -0.05) is 17.7 Å². The molecule has 0 aliphatic rings. The minimum atomic E-state index is -1.05. The van der Waals surface area contributed by atoms with Gasteiger partial charge in [-0.3, -0.25) is 0 Å². The number of anilines is 1. The molecule has 0 amide bonds. The van der Waals surface area contributed by atoms with E-state index in [1.807, 2.05) is 12.1 Å². The number of rotatable bonds is 1. The molecule has 16 heavy (non-hydrogen) atoms. The van der Waals surface area contributed by atoms with Crippen LogP contribution in [-0.4, -0.2) is 10.1 Å². The number of halogens is 1. The van der Waals surface area contributed by atoms with Gasteiger partial charge in [-0.2, -0.15) is 0 Å². The predicted octanol–water partition coefficient (Wildman–Crippen LogP) is 2.70. The van der Waals surface area contributed by atoms with E-state index >= 15 is 0 Å². The van der Waals surface area contributed by atoms with Crippen LogP contribution in [0.5, 0.6) is 0 Å². The van der Waals surface area contributed by atoms with E-state index in [2.05, 4.69) is 4.98 Å². The molecule has 0 saturated carbocycles. The Balaban J connectivity index is 2.78. The number of hydrogen-bond acceptors (Lipinski definition) is 3. The van der Waals surface area contributed by atoms with Crippen molar-refractivity contribution in [2.75, 3.05) is 5.73 Å². The van der Waals surface area contributed by atoms with Crippen molar-refractivity contribution in [3.8, 4) is 0 Å². The van der Waals surface area contributed by atoms with Crippen molar-refractivity contribution in [1.29, 1.82) is 0 Å². The Labute approximate surface area is 98.9 Å². The first-order valence-corrected chi connectivity index (χ1v) is 5.35. The first-order chi connectivity index (χ1) is 7.39. The zero-order valence-electron chi connectivity index (χ0n) is 9.16. The summed E-state index contributed by atoms with van der Waals surface area (Å²) in [6, 6.07) is 7.20. The second-order valence-electron chi connectivity index (χ2n) is 4.29. The van der Waals surface area contributed by atoms with E-state index < -0.39 is 5.60 Å². The number of benzene rings is 1. The Morgan fingerprint density at radius 3 is 2.69 bits per heavy atom. The van der Waals surface area contributed by atoms with E-state index in [4.69, 9.17) is 17.3 Å². The van der Waals surface area contributed by atoms with E-state index in [-0.39, 0.29) is 0 Å². The third kappa shape index (κ3) is 1.84. The van der Waals surface area contributed by atoms with E-state index in [1.54, 1.807) is 26.0 Å². The smallest absolute Gasteiger partial charge is 0.103 e. The fourth-order valence-corrected chi connectivity index (χ4v) is 1.89. The average Bonchev–Trinajstić information content (AvgIpc) is 2.17. The summed E-state index contributed by atoms with van der Waals surface area (Å²) in [5.41, 5.74) is 6.47. The zero-order chi connectivity index (χ0) is 11.9. The Morgan fingerprint density at radius 2 is 2.06 bits per heavy atom. The molecule has 0 aliphatic carbocycles. The van der Waals surface area contributed by atoms with Crippen LogP contribution in [-0.2, 0) is 5.60 Å². The third-order valence-corrected chi connectivity index (χ3v) is 2.74. The maximum absolute atomic E-state index is 9.92. The van der Waals surface area contributed by atoms with Gasteiger partial charge in [0.2, 0.25) is 0 Å². The van der Waals surface area contributed by atoms with Crippen molar-refractivity contribution in [1.82, 2.24) is 4.98 Å². The number of aromatic nitrogens is 1. The van der Waals surface area contributed by atoms with Crippen LogP contribution in [0.25, 0.3) is 10.9 Å². The van der Waals surface area contributed by atoms with Crippen LogP contribution >= 0.6 is 11.6 Å². The summed E-state index contributed by atoms with van der Waals surface area (Å²) in [6.45, 7) is 3.31. The lowest BCUT2D eigenvalue weighted by Gasteiger charge is -2.19. The molecule has 0 saturated heterocycles. The number of pyridine rings is 1. The molecule has 3 N–H and O–H groups in total. The van der Waals surface area contributed by atoms with Crippen LogP contribution in [0.1, 0.15) is 19.5 Å². The monoisotopic (exact) mass is 236 g/mol. The Hall–Kier alpha value is -1.32. The lowest BCUT2D eigenvalue weighted by atomic mass is 10.0. The van der Waals surface area contributed by atoms with Gasteiger partial charge in [-0.25, -0.2) is 4.98 Å². The number of aliphatic hydroxyl groups is 1. The summed E-state index contributed by atoms with van der Waals surface area (Å²) >= 11 is 6.04. The molecule has 3 nitrogen and oxygen atoms in total. The van der Waals surface area contributed by atoms with Gasteiger partial charge in [0.15, 0.2) is 0 Å². The minimum Gasteiger partial charge on any atom is -0.397 e. The van der Waals surface area contributed by atoms with Gasteiger partial charge < -0.3 is 10.8 Å². The highest BCUT2D eigenvalue weighted by Crippen LogP contribution is 2.30. The van der Waals surface area contributed by atoms with Crippen molar-refractivity contribution in [3.05, 3.63) is 35.0 Å². The van der Waals surface area contributed by atoms with Crippen LogP contribution in [0.15, 0.2) is 24.3 Å². The molecular formula is C12H13ClN2O. The molecule has 84 valence electrons. The van der Waals surface area contributed by atoms with Crippen molar-refractivity contribution in [3.63, 3.8) is 0 Å². The lowest BCUT2D eigenvalue weighted by molar-refractivity contribution is 0.0751. The minimum absolute atomic E-state index is 0.452. The van der Waals surface area contributed by atoms with Crippen molar-refractivity contribution < 1.29 is 5.11 Å². The lowest BCUT2D eigenvalue weighted by Crippen LogP contribution is -2.19. The van der Waals surface area contributed by atoms with Crippen molar-refractivity contribution in [2.45, 2.75) is 19.4 Å². The molecule has 0 unspecified atom stereocenters. The first-order valence-electron chi connectivity index (χ1n) is 4.97. The largest absolute Gasteiger partial charge is 0.397 e. The fourth-order valence-electron chi connectivity index (χ4n) is 1.66. The summed E-state index contributed by atoms with van der Waals surface area (Å²) in [5.74, 6) is 0. The van der Waals surface area contributed by atoms with E-state index in [0.717, 1.165) is 10.9 Å². The van der Waals surface area contributed by atoms with Gasteiger partial charge in [0.25, 0.3) is 0 Å². The number of nitrogens with zero attached hydrogens (tertiary/aromatic N) is 1. The number of nitrogen functional groups attached to an aromatic ring is 1. The number of nitrogens with two attached hydrogens (primary N) is 1. The molecule has 4 heteroatoms. The standard InChI is InChI=1S/C12H13ClN2O/c1-12(2,16)11-9(14)6-7-8(13)4-3-5-10(7)15-11/h3-6,16H,14H2,1-2H3. The second kappa shape index (κ2) is 3.61. The zero-order valence-corrected chi connectivity index (χ0v) is 9.92. The molecule has 1 aromatic carbocycles. The van der Waals surface area contributed by atoms with Crippen LogP contribution in [0.4, 0.5) is 5.69 Å². The summed E-state index contributed by atoms with van der Waals surface area (Å²) in [4.78, 5) is 4.35. The topological polar surface area (TPSA) is 59.1 Å². The Bertz CT molecular complexity index is 546. The van der Waals surface area contributed by atoms with Gasteiger partial charge in [-0.05, 0) is 32.0 Å². The maximum Gasteiger partial charge on any atom is 0.103 e. The summed E-state index contributed by atoms with van der Waals surface area (Å²) in [5, 5.41) is 11.3. The number of hydrogen-bond donors (Lipinski definition) is 2. The molecule has 0 bridgehead atoms. The van der Waals surface area contributed by atoms with Gasteiger partial charge in [0, 0.05) is 5.39 Å². The average molecular weight is 237 g/mol. The van der Waals surface area contributed by atoms with Crippen molar-refractivity contribution >= 4 is 28.2 Å². The molecule has 2 rings (SSSR count). The second-order valence-corrected chi connectivity index (χ2v) is 4.70. The molecule has 0 atom stereocenters. The quantitative estimate of drug-likeness (QED) is 0.800. The summed E-state index contributed by atoms with van der Waals surface area (Å²) in [6.07, 6.45) is 0. The third-order valence-electron chi connectivity index (χ3n) is 2.41. The molecule has 2 aromatic rings.